The predicted octanol–water partition coefficient (Wildman–Crippen LogP) is 5.85. The molecule has 5 heteroatoms. The predicted molar refractivity (Wildman–Crippen MR) is 100 cm³/mol. The van der Waals surface area contributed by atoms with Gasteiger partial charge in [-0.25, -0.2) is 0 Å². The molecule has 0 amide bonds. The number of hydrogen-bond acceptors (Lipinski definition) is 4. The largest absolute Gasteiger partial charge is 0.507 e. The summed E-state index contributed by atoms with van der Waals surface area (Å²) in [6.07, 6.45) is 4.72. The van der Waals surface area contributed by atoms with Gasteiger partial charge in [0.25, 0.3) is 0 Å². The van der Waals surface area contributed by atoms with E-state index in [1.54, 1.807) is 0 Å². The zero-order valence-electron chi connectivity index (χ0n) is 16.2. The molecule has 138 valence electrons. The van der Waals surface area contributed by atoms with Crippen LogP contribution in [0.5, 0.6) is 5.75 Å². The maximum Gasteiger partial charge on any atom is 0.334 e. The quantitative estimate of drug-likeness (QED) is 0.445. The average Bonchev–Trinajstić information content (AvgIpc) is 2.54. The van der Waals surface area contributed by atoms with E-state index in [1.807, 2.05) is 19.9 Å². The number of phenols is 1. The van der Waals surface area contributed by atoms with E-state index in [1.165, 1.54) is 27.1 Å². The summed E-state index contributed by atoms with van der Waals surface area (Å²) in [6.45, 7) is 10.4. The molecule has 4 nitrogen and oxygen atoms in total. The van der Waals surface area contributed by atoms with Crippen LogP contribution in [0.2, 0.25) is 0 Å². The Hall–Kier alpha value is -0.830. The second-order valence-electron chi connectivity index (χ2n) is 7.17. The molecule has 1 aromatic carbocycles. The van der Waals surface area contributed by atoms with Crippen molar-refractivity contribution < 1.29 is 18.7 Å². The first-order valence-corrected chi connectivity index (χ1v) is 10.4. The lowest BCUT2D eigenvalue weighted by molar-refractivity contribution is 0.274. The summed E-state index contributed by atoms with van der Waals surface area (Å²) in [5.74, 6) is 0.302. The Morgan fingerprint density at radius 1 is 1.17 bits per heavy atom. The van der Waals surface area contributed by atoms with E-state index in [0.717, 1.165) is 35.1 Å². The summed E-state index contributed by atoms with van der Waals surface area (Å²) >= 11 is 0. The van der Waals surface area contributed by atoms with Crippen LogP contribution in [-0.4, -0.2) is 19.3 Å². The third-order valence-corrected chi connectivity index (χ3v) is 6.76. The highest BCUT2D eigenvalue weighted by atomic mass is 31.2. The molecule has 0 saturated heterocycles. The summed E-state index contributed by atoms with van der Waals surface area (Å²) in [6, 6.07) is 2.03. The van der Waals surface area contributed by atoms with Crippen molar-refractivity contribution in [2.24, 2.45) is 0 Å². The third-order valence-electron chi connectivity index (χ3n) is 4.94. The fourth-order valence-corrected chi connectivity index (χ4v) is 4.40. The van der Waals surface area contributed by atoms with Crippen molar-refractivity contribution in [3.05, 3.63) is 28.3 Å². The van der Waals surface area contributed by atoms with Crippen molar-refractivity contribution in [1.82, 2.24) is 0 Å². The zero-order chi connectivity index (χ0) is 18.5. The van der Waals surface area contributed by atoms with Gasteiger partial charge in [0.1, 0.15) is 5.75 Å². The molecule has 0 atom stereocenters. The molecule has 0 fully saturated rings. The lowest BCUT2D eigenvalue weighted by Gasteiger charge is -2.29. The molecule has 1 N–H and O–H groups in total. The Labute approximate surface area is 147 Å². The number of aromatic hydroxyl groups is 1. The second-order valence-corrected chi connectivity index (χ2v) is 9.44. The Kier molecular flexibility index (Phi) is 7.52. The topological polar surface area (TPSA) is 55.8 Å². The molecular formula is C19H33O4P. The maximum atomic E-state index is 12.5. The Bertz CT molecular complexity index is 600. The van der Waals surface area contributed by atoms with Crippen LogP contribution in [0.15, 0.2) is 6.07 Å². The Morgan fingerprint density at radius 3 is 2.25 bits per heavy atom. The Balaban J connectivity index is 3.24. The van der Waals surface area contributed by atoms with Crippen molar-refractivity contribution in [1.29, 1.82) is 0 Å². The summed E-state index contributed by atoms with van der Waals surface area (Å²) in [7, 11) is -0.388. The highest BCUT2D eigenvalue weighted by Gasteiger charge is 2.29. The van der Waals surface area contributed by atoms with Gasteiger partial charge in [-0.2, -0.15) is 0 Å². The number of rotatable bonds is 9. The van der Waals surface area contributed by atoms with E-state index in [-0.39, 0.29) is 11.6 Å². The van der Waals surface area contributed by atoms with Crippen molar-refractivity contribution in [2.75, 3.05) is 14.2 Å². The first-order valence-electron chi connectivity index (χ1n) is 8.65. The van der Waals surface area contributed by atoms with Crippen LogP contribution in [0.4, 0.5) is 0 Å². The van der Waals surface area contributed by atoms with E-state index < -0.39 is 7.60 Å². The van der Waals surface area contributed by atoms with Gasteiger partial charge >= 0.3 is 7.60 Å². The molecular weight excluding hydrogens is 323 g/mol. The van der Waals surface area contributed by atoms with E-state index in [9.17, 15) is 9.67 Å². The molecule has 0 spiro atoms. The van der Waals surface area contributed by atoms with Gasteiger partial charge in [-0.05, 0) is 42.4 Å². The minimum Gasteiger partial charge on any atom is -0.507 e. The molecule has 0 aliphatic rings. The molecule has 0 bridgehead atoms. The molecule has 1 aromatic rings. The van der Waals surface area contributed by atoms with Crippen molar-refractivity contribution in [3.8, 4) is 5.75 Å². The van der Waals surface area contributed by atoms with Crippen molar-refractivity contribution >= 4 is 7.60 Å². The standard InChI is InChI=1S/C19H33O4P/c1-8-9-10-11-19(4,5)17-12-14(2)16(15(3)18(17)20)13-24(21,22-6)23-7/h12,20H,8-11,13H2,1-7H3. The monoisotopic (exact) mass is 356 g/mol. The molecule has 0 unspecified atom stereocenters. The highest BCUT2D eigenvalue weighted by molar-refractivity contribution is 7.52. The van der Waals surface area contributed by atoms with Gasteiger partial charge in [0.2, 0.25) is 0 Å². The molecule has 0 aliphatic heterocycles. The first kappa shape index (κ1) is 21.2. The molecule has 0 aromatic heterocycles. The molecule has 0 aliphatic carbocycles. The molecule has 0 heterocycles. The van der Waals surface area contributed by atoms with Gasteiger partial charge in [-0.3, -0.25) is 4.57 Å². The zero-order valence-corrected chi connectivity index (χ0v) is 17.1. The van der Waals surface area contributed by atoms with E-state index in [2.05, 4.69) is 20.8 Å². The highest BCUT2D eigenvalue weighted by Crippen LogP contribution is 2.52. The summed E-state index contributed by atoms with van der Waals surface area (Å²) in [4.78, 5) is 0. The smallest absolute Gasteiger partial charge is 0.334 e. The van der Waals surface area contributed by atoms with Gasteiger partial charge in [0.05, 0.1) is 6.16 Å². The summed E-state index contributed by atoms with van der Waals surface area (Å²) in [5.41, 5.74) is 3.48. The molecule has 0 radical (unpaired) electrons. The van der Waals surface area contributed by atoms with Gasteiger partial charge < -0.3 is 14.2 Å². The van der Waals surface area contributed by atoms with Crippen molar-refractivity contribution in [2.45, 2.75) is 71.9 Å². The number of benzene rings is 1. The van der Waals surface area contributed by atoms with Crippen LogP contribution in [0.3, 0.4) is 0 Å². The van der Waals surface area contributed by atoms with Gasteiger partial charge in [-0.1, -0.05) is 46.1 Å². The summed E-state index contributed by atoms with van der Waals surface area (Å²) < 4.78 is 22.6. The van der Waals surface area contributed by atoms with Crippen LogP contribution < -0.4 is 0 Å². The SMILES string of the molecule is CCCCCC(C)(C)c1cc(C)c(CP(=O)(OC)OC)c(C)c1O. The number of hydrogen-bond donors (Lipinski definition) is 1. The Morgan fingerprint density at radius 2 is 1.75 bits per heavy atom. The molecule has 0 saturated carbocycles. The van der Waals surface area contributed by atoms with Gasteiger partial charge in [-0.15, -0.1) is 0 Å². The van der Waals surface area contributed by atoms with Crippen LogP contribution in [-0.2, 0) is 25.2 Å². The summed E-state index contributed by atoms with van der Waals surface area (Å²) in [5, 5.41) is 10.8. The maximum absolute atomic E-state index is 12.5. The van der Waals surface area contributed by atoms with Crippen LogP contribution in [0, 0.1) is 13.8 Å². The van der Waals surface area contributed by atoms with Crippen LogP contribution in [0.1, 0.15) is 68.7 Å². The molecule has 24 heavy (non-hydrogen) atoms. The minimum absolute atomic E-state index is 0.0977. The average molecular weight is 356 g/mol. The van der Waals surface area contributed by atoms with Crippen molar-refractivity contribution in [3.63, 3.8) is 0 Å². The third kappa shape index (κ3) is 4.84. The lowest BCUT2D eigenvalue weighted by Crippen LogP contribution is -2.18. The number of aryl methyl sites for hydroxylation is 1. The molecule has 1 rings (SSSR count). The van der Waals surface area contributed by atoms with E-state index in [4.69, 9.17) is 9.05 Å². The minimum atomic E-state index is -3.17. The number of unbranched alkanes of at least 4 members (excludes halogenated alkanes) is 2. The fourth-order valence-electron chi connectivity index (χ4n) is 3.12. The second kappa shape index (κ2) is 8.51. The van der Waals surface area contributed by atoms with Crippen LogP contribution in [0.25, 0.3) is 0 Å². The first-order chi connectivity index (χ1) is 11.1. The van der Waals surface area contributed by atoms with Gasteiger partial charge in [0.15, 0.2) is 0 Å². The van der Waals surface area contributed by atoms with Crippen LogP contribution >= 0.6 is 7.60 Å². The van der Waals surface area contributed by atoms with E-state index >= 15 is 0 Å². The lowest BCUT2D eigenvalue weighted by atomic mass is 9.77. The van der Waals surface area contributed by atoms with Gasteiger partial charge in [0, 0.05) is 19.8 Å². The normalized spacial score (nSPS) is 12.6. The fraction of sp³-hybridized carbons (Fsp3) is 0.684. The number of phenolic OH excluding ortho intramolecular Hbond substituents is 1. The van der Waals surface area contributed by atoms with E-state index in [0.29, 0.717) is 5.75 Å².